The fourth-order valence-electron chi connectivity index (χ4n) is 2.46. The summed E-state index contributed by atoms with van der Waals surface area (Å²) in [5, 5.41) is 9.34. The van der Waals surface area contributed by atoms with Gasteiger partial charge in [0, 0.05) is 5.38 Å². The number of aryl methyl sites for hydroxylation is 1. The molecule has 0 radical (unpaired) electrons. The lowest BCUT2D eigenvalue weighted by Gasteiger charge is -2.15. The van der Waals surface area contributed by atoms with Crippen molar-refractivity contribution < 1.29 is 9.90 Å². The van der Waals surface area contributed by atoms with E-state index in [1.165, 1.54) is 12.8 Å². The van der Waals surface area contributed by atoms with Gasteiger partial charge in [-0.15, -0.1) is 11.6 Å². The maximum absolute atomic E-state index is 10.7. The van der Waals surface area contributed by atoms with Crippen LogP contribution in [0.15, 0.2) is 24.3 Å². The second-order valence-corrected chi connectivity index (χ2v) is 5.89. The summed E-state index contributed by atoms with van der Waals surface area (Å²) in [6.45, 7) is 3.62. The summed E-state index contributed by atoms with van der Waals surface area (Å²) < 4.78 is 0. The van der Waals surface area contributed by atoms with Gasteiger partial charge in [-0.25, -0.2) is 0 Å². The van der Waals surface area contributed by atoms with Crippen molar-refractivity contribution in [1.82, 2.24) is 0 Å². The fourth-order valence-corrected chi connectivity index (χ4v) is 3.00. The first-order chi connectivity index (χ1) is 8.50. The van der Waals surface area contributed by atoms with Gasteiger partial charge >= 0.3 is 5.97 Å². The highest BCUT2D eigenvalue weighted by Crippen LogP contribution is 2.57. The van der Waals surface area contributed by atoms with Crippen LogP contribution < -0.4 is 0 Å². The van der Waals surface area contributed by atoms with Crippen LogP contribution in [0, 0.1) is 18.8 Å². The summed E-state index contributed by atoms with van der Waals surface area (Å²) in [5.74, 6) is 0.856. The molecule has 2 aliphatic rings. The Labute approximate surface area is 113 Å². The fraction of sp³-hybridized carbons (Fsp3) is 0.533. The van der Waals surface area contributed by atoms with Gasteiger partial charge < -0.3 is 5.11 Å². The summed E-state index contributed by atoms with van der Waals surface area (Å²) in [5.41, 5.74) is 1.93. The molecule has 0 bridgehead atoms. The third-order valence-corrected chi connectivity index (χ3v) is 4.50. The summed E-state index contributed by atoms with van der Waals surface area (Å²) in [6.07, 6.45) is 2.75. The molecule has 0 aliphatic heterocycles. The van der Waals surface area contributed by atoms with Crippen LogP contribution in [0.5, 0.6) is 0 Å². The highest BCUT2D eigenvalue weighted by atomic mass is 35.5. The van der Waals surface area contributed by atoms with Gasteiger partial charge in [0.15, 0.2) is 0 Å². The van der Waals surface area contributed by atoms with E-state index in [9.17, 15) is 4.79 Å². The Hall–Kier alpha value is -1.02. The molecule has 98 valence electrons. The Morgan fingerprint density at radius 3 is 2.39 bits per heavy atom. The molecule has 4 atom stereocenters. The normalized spacial score (nSPS) is 29.2. The average molecular weight is 267 g/mol. The first-order valence-corrected chi connectivity index (χ1v) is 6.86. The standard InChI is InChI=1S/C10H12O2.C5H7Cl/c1-7-5-3-4-6-9(7)8(2)10(11)12;6-5-2-3-1-4(3)5/h3-6,8H,1-2H3,(H,11,12);3-5H,1-2H2. The number of carboxylic acids is 1. The third kappa shape index (κ3) is 2.86. The molecule has 18 heavy (non-hydrogen) atoms. The number of aliphatic carboxylic acids is 1. The molecular weight excluding hydrogens is 248 g/mol. The molecule has 3 heteroatoms. The van der Waals surface area contributed by atoms with Crippen molar-refractivity contribution in [3.63, 3.8) is 0 Å². The lowest BCUT2D eigenvalue weighted by molar-refractivity contribution is -0.138. The maximum atomic E-state index is 10.7. The van der Waals surface area contributed by atoms with E-state index in [4.69, 9.17) is 16.7 Å². The molecule has 1 aromatic carbocycles. The van der Waals surface area contributed by atoms with Gasteiger partial charge in [-0.2, -0.15) is 0 Å². The number of carbonyl (C=O) groups is 1. The predicted molar refractivity (Wildman–Crippen MR) is 73.1 cm³/mol. The van der Waals surface area contributed by atoms with Crippen LogP contribution in [0.3, 0.4) is 0 Å². The second kappa shape index (κ2) is 5.31. The molecule has 4 unspecified atom stereocenters. The van der Waals surface area contributed by atoms with E-state index >= 15 is 0 Å². The van der Waals surface area contributed by atoms with Gasteiger partial charge in [0.25, 0.3) is 0 Å². The monoisotopic (exact) mass is 266 g/mol. The summed E-state index contributed by atoms with van der Waals surface area (Å²) in [6, 6.07) is 7.55. The van der Waals surface area contributed by atoms with Crippen LogP contribution in [0.2, 0.25) is 0 Å². The zero-order chi connectivity index (χ0) is 13.3. The second-order valence-electron chi connectivity index (χ2n) is 5.33. The zero-order valence-electron chi connectivity index (χ0n) is 10.8. The molecule has 0 saturated heterocycles. The minimum Gasteiger partial charge on any atom is -0.481 e. The van der Waals surface area contributed by atoms with E-state index in [-0.39, 0.29) is 0 Å². The number of carboxylic acid groups (broad SMARTS) is 1. The molecule has 0 heterocycles. The Morgan fingerprint density at radius 2 is 2.06 bits per heavy atom. The van der Waals surface area contributed by atoms with E-state index < -0.39 is 11.9 Å². The van der Waals surface area contributed by atoms with Crippen LogP contribution >= 0.6 is 11.6 Å². The smallest absolute Gasteiger partial charge is 0.310 e. The molecule has 0 aromatic heterocycles. The van der Waals surface area contributed by atoms with Crippen LogP contribution in [0.1, 0.15) is 36.8 Å². The number of hydrogen-bond acceptors (Lipinski definition) is 1. The van der Waals surface area contributed by atoms with Crippen molar-refractivity contribution in [2.75, 3.05) is 0 Å². The van der Waals surface area contributed by atoms with Crippen molar-refractivity contribution in [3.05, 3.63) is 35.4 Å². The minimum absolute atomic E-state index is 0.411. The zero-order valence-corrected chi connectivity index (χ0v) is 11.5. The van der Waals surface area contributed by atoms with Crippen molar-refractivity contribution in [3.8, 4) is 0 Å². The molecule has 3 rings (SSSR count). The first-order valence-electron chi connectivity index (χ1n) is 6.43. The molecule has 2 nitrogen and oxygen atoms in total. The van der Waals surface area contributed by atoms with E-state index in [1.54, 1.807) is 6.92 Å². The Morgan fingerprint density at radius 1 is 1.39 bits per heavy atom. The number of benzene rings is 1. The molecule has 1 N–H and O–H groups in total. The number of rotatable bonds is 2. The van der Waals surface area contributed by atoms with Crippen LogP contribution in [0.25, 0.3) is 0 Å². The third-order valence-electron chi connectivity index (χ3n) is 4.00. The lowest BCUT2D eigenvalue weighted by atomic mass is 9.97. The topological polar surface area (TPSA) is 37.3 Å². The van der Waals surface area contributed by atoms with E-state index in [2.05, 4.69) is 0 Å². The Kier molecular flexibility index (Phi) is 3.96. The summed E-state index contributed by atoms with van der Waals surface area (Å²) in [7, 11) is 0. The maximum Gasteiger partial charge on any atom is 0.310 e. The van der Waals surface area contributed by atoms with Gasteiger partial charge in [0.1, 0.15) is 0 Å². The van der Waals surface area contributed by atoms with Gasteiger partial charge in [0.05, 0.1) is 5.92 Å². The minimum atomic E-state index is -0.774. The molecule has 2 fully saturated rings. The van der Waals surface area contributed by atoms with Gasteiger partial charge in [-0.05, 0) is 49.7 Å². The largest absolute Gasteiger partial charge is 0.481 e. The summed E-state index contributed by atoms with van der Waals surface area (Å²) in [4.78, 5) is 10.7. The number of alkyl halides is 1. The molecule has 2 aliphatic carbocycles. The Balaban J connectivity index is 0.000000164. The number of hydrogen-bond donors (Lipinski definition) is 1. The van der Waals surface area contributed by atoms with Crippen molar-refractivity contribution in [2.45, 2.75) is 38.0 Å². The number of halogens is 1. The molecule has 0 amide bonds. The van der Waals surface area contributed by atoms with E-state index in [0.29, 0.717) is 5.38 Å². The highest BCUT2D eigenvalue weighted by Gasteiger charge is 2.52. The SMILES string of the molecule is Cc1ccccc1C(C)C(=O)O.ClC1CC2CC12. The molecule has 1 aromatic rings. The van der Waals surface area contributed by atoms with Gasteiger partial charge in [-0.3, -0.25) is 4.79 Å². The molecule has 2 saturated carbocycles. The molecule has 0 spiro atoms. The first kappa shape index (κ1) is 13.4. The molecular formula is C15H19ClO2. The average Bonchev–Trinajstić information content (AvgIpc) is 3.01. The van der Waals surface area contributed by atoms with Crippen LogP contribution in [-0.4, -0.2) is 16.5 Å². The van der Waals surface area contributed by atoms with Crippen LogP contribution in [-0.2, 0) is 4.79 Å². The van der Waals surface area contributed by atoms with E-state index in [1.807, 2.05) is 31.2 Å². The van der Waals surface area contributed by atoms with E-state index in [0.717, 1.165) is 23.0 Å². The quantitative estimate of drug-likeness (QED) is 0.827. The van der Waals surface area contributed by atoms with Gasteiger partial charge in [0.2, 0.25) is 0 Å². The number of fused-ring (bicyclic) bond motifs is 1. The van der Waals surface area contributed by atoms with Crippen LogP contribution in [0.4, 0.5) is 0 Å². The van der Waals surface area contributed by atoms with Crippen molar-refractivity contribution >= 4 is 17.6 Å². The lowest BCUT2D eigenvalue weighted by Crippen LogP contribution is -2.14. The van der Waals surface area contributed by atoms with Crippen molar-refractivity contribution in [2.24, 2.45) is 11.8 Å². The Bertz CT molecular complexity index is 444. The van der Waals surface area contributed by atoms with Crippen molar-refractivity contribution in [1.29, 1.82) is 0 Å². The van der Waals surface area contributed by atoms with Gasteiger partial charge in [-0.1, -0.05) is 24.3 Å². The summed E-state index contributed by atoms with van der Waals surface area (Å²) >= 11 is 5.74. The predicted octanol–water partition coefficient (Wildman–Crippen LogP) is 3.82. The highest BCUT2D eigenvalue weighted by molar-refractivity contribution is 6.21.